The third kappa shape index (κ3) is 3.55. The molecule has 1 N–H and O–H groups in total. The van der Waals surface area contributed by atoms with E-state index in [1.54, 1.807) is 16.9 Å². The number of para-hydroxylation sites is 1. The highest BCUT2D eigenvalue weighted by molar-refractivity contribution is 6.01. The van der Waals surface area contributed by atoms with Gasteiger partial charge in [-0.1, -0.05) is 31.2 Å². The van der Waals surface area contributed by atoms with Crippen molar-refractivity contribution >= 4 is 22.7 Å². The van der Waals surface area contributed by atoms with E-state index in [4.69, 9.17) is 9.47 Å². The quantitative estimate of drug-likeness (QED) is 0.540. The molecule has 7 heteroatoms. The molecule has 0 bridgehead atoms. The second kappa shape index (κ2) is 8.87. The number of methoxy groups -OCH3 is 1. The number of nitrogens with zero attached hydrogens (tertiary/aromatic N) is 2. The summed E-state index contributed by atoms with van der Waals surface area (Å²) in [4.78, 5) is 34.7. The number of benzene rings is 2. The van der Waals surface area contributed by atoms with Crippen LogP contribution in [0, 0.1) is 0 Å². The van der Waals surface area contributed by atoms with Crippen molar-refractivity contribution in [3.05, 3.63) is 59.3 Å². The van der Waals surface area contributed by atoms with E-state index in [0.29, 0.717) is 18.0 Å². The lowest BCUT2D eigenvalue weighted by Gasteiger charge is -2.52. The van der Waals surface area contributed by atoms with E-state index in [-0.39, 0.29) is 36.4 Å². The van der Waals surface area contributed by atoms with E-state index in [9.17, 15) is 9.59 Å². The average Bonchev–Trinajstić information content (AvgIpc) is 3.26. The third-order valence-corrected chi connectivity index (χ3v) is 7.85. The van der Waals surface area contributed by atoms with Gasteiger partial charge >= 0.3 is 0 Å². The van der Waals surface area contributed by atoms with Gasteiger partial charge in [0.15, 0.2) is 17.0 Å². The summed E-state index contributed by atoms with van der Waals surface area (Å²) in [5.74, 6) is 1.15. The normalized spacial score (nSPS) is 22.6. The number of H-pyrrole nitrogens is 1. The second-order valence-electron chi connectivity index (χ2n) is 10.4. The molecule has 0 aliphatic carbocycles. The van der Waals surface area contributed by atoms with Crippen LogP contribution in [0.25, 0.3) is 10.9 Å². The number of ether oxygens (including phenoxy) is 2. The van der Waals surface area contributed by atoms with Gasteiger partial charge in [0.1, 0.15) is 6.54 Å². The van der Waals surface area contributed by atoms with Crippen LogP contribution in [0.4, 0.5) is 0 Å². The van der Waals surface area contributed by atoms with Gasteiger partial charge in [-0.25, -0.2) is 0 Å². The molecule has 3 atom stereocenters. The number of aromatic amines is 1. The van der Waals surface area contributed by atoms with Gasteiger partial charge in [0.25, 0.3) is 5.91 Å². The summed E-state index contributed by atoms with van der Waals surface area (Å²) >= 11 is 0. The topological polar surface area (TPSA) is 74.9 Å². The molecule has 190 valence electrons. The maximum absolute atomic E-state index is 14.0. The van der Waals surface area contributed by atoms with Crippen LogP contribution in [0.3, 0.4) is 0 Å². The number of rotatable bonds is 6. The lowest BCUT2D eigenvalue weighted by atomic mass is 9.76. The molecule has 3 aromatic rings. The highest BCUT2D eigenvalue weighted by Gasteiger charge is 2.56. The van der Waals surface area contributed by atoms with Crippen LogP contribution >= 0.6 is 0 Å². The van der Waals surface area contributed by atoms with Crippen molar-refractivity contribution in [3.63, 3.8) is 0 Å². The number of fused-ring (bicyclic) bond motifs is 5. The van der Waals surface area contributed by atoms with E-state index in [2.05, 4.69) is 11.1 Å². The number of carbonyl (C=O) groups excluding carboxylic acids is 2. The molecule has 3 heterocycles. The largest absolute Gasteiger partial charge is 0.493 e. The van der Waals surface area contributed by atoms with Gasteiger partial charge < -0.3 is 24.3 Å². The molecule has 36 heavy (non-hydrogen) atoms. The van der Waals surface area contributed by atoms with Crippen molar-refractivity contribution in [1.29, 1.82) is 0 Å². The van der Waals surface area contributed by atoms with E-state index in [0.717, 1.165) is 34.1 Å². The summed E-state index contributed by atoms with van der Waals surface area (Å²) < 4.78 is 11.6. The fraction of sp³-hybridized carbons (Fsp3) is 0.448. The van der Waals surface area contributed by atoms with Crippen molar-refractivity contribution < 1.29 is 19.1 Å². The van der Waals surface area contributed by atoms with E-state index in [1.807, 2.05) is 71.0 Å². The molecule has 0 radical (unpaired) electrons. The monoisotopic (exact) mass is 489 g/mol. The molecule has 1 fully saturated rings. The molecule has 2 aromatic carbocycles. The van der Waals surface area contributed by atoms with E-state index >= 15 is 0 Å². The Bertz CT molecular complexity index is 1330. The Labute approximate surface area is 212 Å². The minimum Gasteiger partial charge on any atom is -0.493 e. The van der Waals surface area contributed by atoms with Crippen molar-refractivity contribution in [2.75, 3.05) is 20.2 Å². The summed E-state index contributed by atoms with van der Waals surface area (Å²) in [6.45, 7) is 10.4. The van der Waals surface area contributed by atoms with Crippen LogP contribution in [-0.4, -0.2) is 58.9 Å². The van der Waals surface area contributed by atoms with Crippen molar-refractivity contribution in [3.8, 4) is 11.5 Å². The zero-order chi connectivity index (χ0) is 25.8. The van der Waals surface area contributed by atoms with Crippen LogP contribution in [-0.2, 0) is 15.1 Å². The first-order chi connectivity index (χ1) is 17.2. The van der Waals surface area contributed by atoms with Gasteiger partial charge in [0.05, 0.1) is 18.9 Å². The molecule has 0 unspecified atom stereocenters. The predicted octanol–water partition coefficient (Wildman–Crippen LogP) is 4.79. The number of amides is 2. The molecule has 0 spiro atoms. The molecule has 2 aliphatic rings. The van der Waals surface area contributed by atoms with Crippen LogP contribution in [0.1, 0.15) is 63.8 Å². The Kier molecular flexibility index (Phi) is 5.97. The molecule has 1 saturated heterocycles. The Balaban J connectivity index is 1.70. The Morgan fingerprint density at radius 2 is 1.86 bits per heavy atom. The van der Waals surface area contributed by atoms with Crippen LogP contribution in [0.5, 0.6) is 11.5 Å². The summed E-state index contributed by atoms with van der Waals surface area (Å²) in [6.07, 6.45) is 0.813. The Morgan fingerprint density at radius 3 is 2.56 bits per heavy atom. The van der Waals surface area contributed by atoms with Gasteiger partial charge in [-0.15, -0.1) is 0 Å². The first-order valence-electron chi connectivity index (χ1n) is 12.8. The molecular weight excluding hydrogens is 454 g/mol. The molecular formula is C29H35N3O4. The molecule has 5 rings (SSSR count). The third-order valence-electron chi connectivity index (χ3n) is 7.85. The lowest BCUT2D eigenvalue weighted by molar-refractivity contribution is -0.168. The van der Waals surface area contributed by atoms with Crippen molar-refractivity contribution in [2.24, 2.45) is 0 Å². The number of carbonyl (C=O) groups is 2. The molecule has 1 aromatic heterocycles. The van der Waals surface area contributed by atoms with Crippen molar-refractivity contribution in [2.45, 2.75) is 64.6 Å². The van der Waals surface area contributed by atoms with Crippen LogP contribution < -0.4 is 9.47 Å². The highest BCUT2D eigenvalue weighted by Crippen LogP contribution is 2.49. The number of piperazine rings is 1. The molecule has 7 nitrogen and oxygen atoms in total. The summed E-state index contributed by atoms with van der Waals surface area (Å²) in [5, 5.41) is 1.07. The summed E-state index contributed by atoms with van der Waals surface area (Å²) in [6, 6.07) is 14.1. The number of aromatic nitrogens is 1. The lowest BCUT2D eigenvalue weighted by Crippen LogP contribution is -2.68. The van der Waals surface area contributed by atoms with Gasteiger partial charge in [-0.3, -0.25) is 9.59 Å². The molecule has 2 aliphatic heterocycles. The smallest absolute Gasteiger partial charge is 0.255 e. The second-order valence-corrected chi connectivity index (χ2v) is 10.4. The average molecular weight is 490 g/mol. The highest BCUT2D eigenvalue weighted by atomic mass is 16.5. The van der Waals surface area contributed by atoms with E-state index < -0.39 is 5.54 Å². The maximum Gasteiger partial charge on any atom is 0.255 e. The van der Waals surface area contributed by atoms with Gasteiger partial charge in [-0.05, 0) is 63.4 Å². The van der Waals surface area contributed by atoms with Crippen molar-refractivity contribution in [1.82, 2.24) is 14.8 Å². The zero-order valence-corrected chi connectivity index (χ0v) is 21.9. The SMILES string of the molecule is CC[C@@H](C)N1CC(=O)N2C[C@H](c3ccc(OC(C)C)c(OC)c3)c3c([nH]c4ccccc34)[C@@]2(C)C1=O. The van der Waals surface area contributed by atoms with Gasteiger partial charge in [-0.2, -0.15) is 0 Å². The number of hydrogen-bond donors (Lipinski definition) is 1. The summed E-state index contributed by atoms with van der Waals surface area (Å²) in [7, 11) is 1.64. The predicted molar refractivity (Wildman–Crippen MR) is 139 cm³/mol. The number of nitrogens with one attached hydrogen (secondary N) is 1. The number of hydrogen-bond acceptors (Lipinski definition) is 4. The fourth-order valence-electron chi connectivity index (χ4n) is 5.76. The van der Waals surface area contributed by atoms with Gasteiger partial charge in [0, 0.05) is 29.4 Å². The van der Waals surface area contributed by atoms with Crippen LogP contribution in [0.15, 0.2) is 42.5 Å². The zero-order valence-electron chi connectivity index (χ0n) is 21.9. The molecule has 2 amide bonds. The minimum absolute atomic E-state index is 0.0104. The Morgan fingerprint density at radius 1 is 1.11 bits per heavy atom. The fourth-order valence-corrected chi connectivity index (χ4v) is 5.76. The first kappa shape index (κ1) is 24.2. The summed E-state index contributed by atoms with van der Waals surface area (Å²) in [5.41, 5.74) is 2.75. The van der Waals surface area contributed by atoms with Gasteiger partial charge in [0.2, 0.25) is 5.91 Å². The minimum atomic E-state index is -1.09. The standard InChI is InChI=1S/C29H35N3O4/c1-7-18(4)31-16-25(33)32-15-21(19-12-13-23(36-17(2)3)24(14-19)35-6)26-20-10-8-9-11-22(20)30-27(26)29(32,5)28(31)34/h8-14,17-18,21,30H,7,15-16H2,1-6H3/t18-,21-,29+/m1/s1. The Hall–Kier alpha value is -3.48. The molecule has 0 saturated carbocycles. The first-order valence-corrected chi connectivity index (χ1v) is 12.8. The van der Waals surface area contributed by atoms with E-state index in [1.165, 1.54) is 0 Å². The van der Waals surface area contributed by atoms with Crippen LogP contribution in [0.2, 0.25) is 0 Å². The maximum atomic E-state index is 14.0.